The monoisotopic (exact) mass is 163 g/mol. The zero-order valence-corrected chi connectivity index (χ0v) is 6.96. The first kappa shape index (κ1) is 7.77. The van der Waals surface area contributed by atoms with E-state index in [2.05, 4.69) is 6.07 Å². The standard InChI is InChI=1S/C10H13NO/c11-10(7-12)6-5-8-3-1-2-4-9(8)10/h1-4,12H,5-7,11H2/t10-/m1/s1. The lowest BCUT2D eigenvalue weighted by molar-refractivity contribution is 0.197. The predicted molar refractivity (Wildman–Crippen MR) is 47.7 cm³/mol. The predicted octanol–water partition coefficient (Wildman–Crippen LogP) is 0.779. The Hall–Kier alpha value is -0.860. The van der Waals surface area contributed by atoms with Crippen molar-refractivity contribution in [2.45, 2.75) is 18.4 Å². The van der Waals surface area contributed by atoms with Gasteiger partial charge in [0.15, 0.2) is 0 Å². The van der Waals surface area contributed by atoms with Gasteiger partial charge in [0.1, 0.15) is 0 Å². The van der Waals surface area contributed by atoms with Gasteiger partial charge in [0.2, 0.25) is 0 Å². The van der Waals surface area contributed by atoms with E-state index < -0.39 is 5.54 Å². The maximum Gasteiger partial charge on any atom is 0.0653 e. The molecule has 0 aliphatic heterocycles. The largest absolute Gasteiger partial charge is 0.394 e. The first-order valence-electron chi connectivity index (χ1n) is 4.24. The highest BCUT2D eigenvalue weighted by atomic mass is 16.3. The molecule has 0 saturated carbocycles. The summed E-state index contributed by atoms with van der Waals surface area (Å²) in [5.41, 5.74) is 7.95. The molecule has 2 rings (SSSR count). The lowest BCUT2D eigenvalue weighted by atomic mass is 9.94. The van der Waals surface area contributed by atoms with Crippen LogP contribution in [0.4, 0.5) is 0 Å². The van der Waals surface area contributed by atoms with Crippen molar-refractivity contribution in [3.63, 3.8) is 0 Å². The van der Waals surface area contributed by atoms with E-state index in [-0.39, 0.29) is 6.61 Å². The zero-order chi connectivity index (χ0) is 8.60. The molecule has 0 amide bonds. The van der Waals surface area contributed by atoms with Gasteiger partial charge in [-0.15, -0.1) is 0 Å². The fraction of sp³-hybridized carbons (Fsp3) is 0.400. The summed E-state index contributed by atoms with van der Waals surface area (Å²) in [7, 11) is 0. The second-order valence-corrected chi connectivity index (χ2v) is 3.47. The third-order valence-electron chi connectivity index (χ3n) is 2.68. The molecule has 64 valence electrons. The first-order chi connectivity index (χ1) is 5.76. The Bertz CT molecular complexity index is 298. The molecule has 12 heavy (non-hydrogen) atoms. The van der Waals surface area contributed by atoms with E-state index in [0.29, 0.717) is 0 Å². The van der Waals surface area contributed by atoms with E-state index in [9.17, 15) is 0 Å². The smallest absolute Gasteiger partial charge is 0.0653 e. The van der Waals surface area contributed by atoms with Gasteiger partial charge in [-0.1, -0.05) is 24.3 Å². The second kappa shape index (κ2) is 2.57. The normalized spacial score (nSPS) is 27.2. The Morgan fingerprint density at radius 1 is 1.42 bits per heavy atom. The summed E-state index contributed by atoms with van der Waals surface area (Å²) in [5.74, 6) is 0. The second-order valence-electron chi connectivity index (χ2n) is 3.47. The van der Waals surface area contributed by atoms with Crippen LogP contribution in [-0.4, -0.2) is 11.7 Å². The fourth-order valence-electron chi connectivity index (χ4n) is 1.88. The van der Waals surface area contributed by atoms with Gasteiger partial charge in [0.05, 0.1) is 12.1 Å². The number of hydrogen-bond acceptors (Lipinski definition) is 2. The average Bonchev–Trinajstić information content (AvgIpc) is 2.46. The van der Waals surface area contributed by atoms with Crippen LogP contribution in [0.1, 0.15) is 17.5 Å². The van der Waals surface area contributed by atoms with Crippen LogP contribution in [-0.2, 0) is 12.0 Å². The summed E-state index contributed by atoms with van der Waals surface area (Å²) in [4.78, 5) is 0. The molecule has 1 atom stereocenters. The third kappa shape index (κ3) is 0.958. The molecule has 0 spiro atoms. The van der Waals surface area contributed by atoms with Gasteiger partial charge in [-0.3, -0.25) is 0 Å². The van der Waals surface area contributed by atoms with Crippen molar-refractivity contribution in [3.05, 3.63) is 35.4 Å². The molecule has 0 unspecified atom stereocenters. The summed E-state index contributed by atoms with van der Waals surface area (Å²) in [6, 6.07) is 8.08. The molecule has 1 aromatic rings. The van der Waals surface area contributed by atoms with Crippen molar-refractivity contribution >= 4 is 0 Å². The van der Waals surface area contributed by atoms with E-state index >= 15 is 0 Å². The van der Waals surface area contributed by atoms with Gasteiger partial charge < -0.3 is 10.8 Å². The average molecular weight is 163 g/mol. The molecular weight excluding hydrogens is 150 g/mol. The Balaban J connectivity index is 2.49. The first-order valence-corrected chi connectivity index (χ1v) is 4.24. The van der Waals surface area contributed by atoms with Crippen LogP contribution < -0.4 is 5.73 Å². The summed E-state index contributed by atoms with van der Waals surface area (Å²) in [6.07, 6.45) is 1.86. The van der Waals surface area contributed by atoms with Gasteiger partial charge in [0.25, 0.3) is 0 Å². The minimum Gasteiger partial charge on any atom is -0.394 e. The van der Waals surface area contributed by atoms with Gasteiger partial charge in [-0.05, 0) is 24.0 Å². The van der Waals surface area contributed by atoms with Crippen LogP contribution in [0.15, 0.2) is 24.3 Å². The van der Waals surface area contributed by atoms with Crippen molar-refractivity contribution in [2.75, 3.05) is 6.61 Å². The van der Waals surface area contributed by atoms with Crippen molar-refractivity contribution in [3.8, 4) is 0 Å². The molecule has 1 aliphatic carbocycles. The van der Waals surface area contributed by atoms with E-state index in [1.54, 1.807) is 0 Å². The number of aryl methyl sites for hydroxylation is 1. The van der Waals surface area contributed by atoms with Crippen LogP contribution in [0, 0.1) is 0 Å². The van der Waals surface area contributed by atoms with Gasteiger partial charge in [-0.2, -0.15) is 0 Å². The Morgan fingerprint density at radius 2 is 2.17 bits per heavy atom. The van der Waals surface area contributed by atoms with Gasteiger partial charge in [0, 0.05) is 0 Å². The van der Waals surface area contributed by atoms with E-state index in [1.165, 1.54) is 5.56 Å². The Morgan fingerprint density at radius 3 is 2.92 bits per heavy atom. The van der Waals surface area contributed by atoms with Crippen molar-refractivity contribution in [1.29, 1.82) is 0 Å². The van der Waals surface area contributed by atoms with Gasteiger partial charge >= 0.3 is 0 Å². The fourth-order valence-corrected chi connectivity index (χ4v) is 1.88. The molecular formula is C10H13NO. The summed E-state index contributed by atoms with van der Waals surface area (Å²) in [5, 5.41) is 9.15. The number of nitrogens with two attached hydrogens (primary N) is 1. The molecule has 0 saturated heterocycles. The van der Waals surface area contributed by atoms with Crippen LogP contribution >= 0.6 is 0 Å². The molecule has 0 radical (unpaired) electrons. The summed E-state index contributed by atoms with van der Waals surface area (Å²) in [6.45, 7) is 0.0456. The number of aliphatic hydroxyl groups is 1. The van der Waals surface area contributed by atoms with Crippen LogP contribution in [0.3, 0.4) is 0 Å². The van der Waals surface area contributed by atoms with Gasteiger partial charge in [-0.25, -0.2) is 0 Å². The third-order valence-corrected chi connectivity index (χ3v) is 2.68. The molecule has 3 N–H and O–H groups in total. The topological polar surface area (TPSA) is 46.2 Å². The SMILES string of the molecule is N[C@@]1(CO)CCc2ccccc21. The summed E-state index contributed by atoms with van der Waals surface area (Å²) < 4.78 is 0. The quantitative estimate of drug-likeness (QED) is 0.642. The minimum absolute atomic E-state index is 0.0456. The molecule has 0 bridgehead atoms. The van der Waals surface area contributed by atoms with E-state index in [0.717, 1.165) is 18.4 Å². The number of rotatable bonds is 1. The number of benzene rings is 1. The Kier molecular flexibility index (Phi) is 1.67. The Labute approximate surface area is 72.0 Å². The van der Waals surface area contributed by atoms with E-state index in [4.69, 9.17) is 10.8 Å². The van der Waals surface area contributed by atoms with Crippen molar-refractivity contribution < 1.29 is 5.11 Å². The highest BCUT2D eigenvalue weighted by Gasteiger charge is 2.33. The summed E-state index contributed by atoms with van der Waals surface area (Å²) >= 11 is 0. The zero-order valence-electron chi connectivity index (χ0n) is 6.96. The maximum absolute atomic E-state index is 9.15. The van der Waals surface area contributed by atoms with Crippen molar-refractivity contribution in [2.24, 2.45) is 5.73 Å². The van der Waals surface area contributed by atoms with Crippen LogP contribution in [0.2, 0.25) is 0 Å². The highest BCUT2D eigenvalue weighted by Crippen LogP contribution is 2.33. The van der Waals surface area contributed by atoms with Crippen LogP contribution in [0.25, 0.3) is 0 Å². The highest BCUT2D eigenvalue weighted by molar-refractivity contribution is 5.38. The lowest BCUT2D eigenvalue weighted by Gasteiger charge is -2.21. The van der Waals surface area contributed by atoms with Crippen molar-refractivity contribution in [1.82, 2.24) is 0 Å². The maximum atomic E-state index is 9.15. The number of aliphatic hydroxyl groups excluding tert-OH is 1. The van der Waals surface area contributed by atoms with Crippen LogP contribution in [0.5, 0.6) is 0 Å². The van der Waals surface area contributed by atoms with E-state index in [1.807, 2.05) is 18.2 Å². The molecule has 1 aliphatic rings. The number of fused-ring (bicyclic) bond motifs is 1. The molecule has 2 heteroatoms. The minimum atomic E-state index is -0.476. The molecule has 2 nitrogen and oxygen atoms in total. The lowest BCUT2D eigenvalue weighted by Crippen LogP contribution is -2.37. The molecule has 0 aromatic heterocycles. The number of hydrogen-bond donors (Lipinski definition) is 2. The molecule has 0 fully saturated rings. The molecule has 0 heterocycles. The molecule has 1 aromatic carbocycles.